The van der Waals surface area contributed by atoms with Gasteiger partial charge in [0.1, 0.15) is 0 Å². The highest BCUT2D eigenvalue weighted by molar-refractivity contribution is 7.90. The van der Waals surface area contributed by atoms with Gasteiger partial charge in [-0.05, 0) is 36.6 Å². The van der Waals surface area contributed by atoms with E-state index in [0.29, 0.717) is 5.56 Å². The summed E-state index contributed by atoms with van der Waals surface area (Å²) in [4.78, 5) is 12.2. The Labute approximate surface area is 115 Å². The lowest BCUT2D eigenvalue weighted by molar-refractivity contribution is 0.0910. The van der Waals surface area contributed by atoms with E-state index in [2.05, 4.69) is 5.32 Å². The van der Waals surface area contributed by atoms with Crippen LogP contribution in [0.25, 0.3) is 0 Å². The van der Waals surface area contributed by atoms with Gasteiger partial charge in [0.15, 0.2) is 9.84 Å². The molecule has 0 saturated carbocycles. The average molecular weight is 283 g/mol. The first-order valence-corrected chi connectivity index (χ1v) is 8.02. The third kappa shape index (κ3) is 4.35. The molecule has 19 heavy (non-hydrogen) atoms. The van der Waals surface area contributed by atoms with E-state index in [1.165, 1.54) is 24.3 Å². The Balaban J connectivity index is 2.85. The van der Waals surface area contributed by atoms with Crippen molar-refractivity contribution >= 4 is 15.7 Å². The van der Waals surface area contributed by atoms with Crippen LogP contribution < -0.4 is 5.32 Å². The van der Waals surface area contributed by atoms with Crippen molar-refractivity contribution in [1.29, 1.82) is 0 Å². The minimum Gasteiger partial charge on any atom is -0.349 e. The highest BCUT2D eigenvalue weighted by Gasteiger charge is 2.22. The molecule has 1 unspecified atom stereocenters. The Kier molecular flexibility index (Phi) is 4.40. The van der Waals surface area contributed by atoms with Crippen LogP contribution in [0.4, 0.5) is 0 Å². The van der Waals surface area contributed by atoms with Crippen LogP contribution in [0.2, 0.25) is 0 Å². The van der Waals surface area contributed by atoms with Crippen LogP contribution in [0.3, 0.4) is 0 Å². The summed E-state index contributed by atoms with van der Waals surface area (Å²) >= 11 is 0. The first-order chi connectivity index (χ1) is 8.51. The predicted octanol–water partition coefficient (Wildman–Crippen LogP) is 2.25. The van der Waals surface area contributed by atoms with E-state index in [1.54, 1.807) is 0 Å². The quantitative estimate of drug-likeness (QED) is 0.925. The normalized spacial score (nSPS) is 13.9. The van der Waals surface area contributed by atoms with Crippen LogP contribution in [0.1, 0.15) is 38.1 Å². The van der Waals surface area contributed by atoms with Crippen LogP contribution in [-0.4, -0.2) is 26.6 Å². The van der Waals surface area contributed by atoms with Crippen molar-refractivity contribution in [3.63, 3.8) is 0 Å². The molecule has 1 N–H and O–H groups in total. The summed E-state index contributed by atoms with van der Waals surface area (Å²) < 4.78 is 22.6. The number of carbonyl (C=O) groups excluding carboxylic acids is 1. The third-order valence-electron chi connectivity index (χ3n) is 3.19. The largest absolute Gasteiger partial charge is 0.349 e. The number of carbonyl (C=O) groups is 1. The van der Waals surface area contributed by atoms with Crippen molar-refractivity contribution in [2.24, 2.45) is 5.41 Å². The number of benzene rings is 1. The van der Waals surface area contributed by atoms with E-state index in [1.807, 2.05) is 27.7 Å². The van der Waals surface area contributed by atoms with Gasteiger partial charge in [0, 0.05) is 17.9 Å². The molecule has 0 aliphatic heterocycles. The number of hydrogen-bond donors (Lipinski definition) is 1. The van der Waals surface area contributed by atoms with Crippen LogP contribution in [0.15, 0.2) is 29.2 Å². The second-order valence-corrected chi connectivity index (χ2v) is 7.87. The van der Waals surface area contributed by atoms with Crippen LogP contribution in [0, 0.1) is 5.41 Å². The SMILES string of the molecule is CC(NC(=O)c1ccc(S(C)(=O)=O)cc1)C(C)(C)C. The van der Waals surface area contributed by atoms with Crippen molar-refractivity contribution in [2.75, 3.05) is 6.26 Å². The lowest BCUT2D eigenvalue weighted by atomic mass is 9.88. The molecule has 0 saturated heterocycles. The lowest BCUT2D eigenvalue weighted by Gasteiger charge is -2.28. The first-order valence-electron chi connectivity index (χ1n) is 6.13. The maximum Gasteiger partial charge on any atom is 0.251 e. The summed E-state index contributed by atoms with van der Waals surface area (Å²) in [5.74, 6) is -0.192. The molecule has 4 nitrogen and oxygen atoms in total. The van der Waals surface area contributed by atoms with Crippen molar-refractivity contribution in [2.45, 2.75) is 38.6 Å². The zero-order chi connectivity index (χ0) is 14.8. The highest BCUT2D eigenvalue weighted by atomic mass is 32.2. The van der Waals surface area contributed by atoms with Gasteiger partial charge in [-0.1, -0.05) is 20.8 Å². The van der Waals surface area contributed by atoms with Gasteiger partial charge in [-0.3, -0.25) is 4.79 Å². The van der Waals surface area contributed by atoms with E-state index >= 15 is 0 Å². The summed E-state index contributed by atoms with van der Waals surface area (Å²) in [5.41, 5.74) is 0.436. The molecule has 1 amide bonds. The van der Waals surface area contributed by atoms with Crippen LogP contribution in [0.5, 0.6) is 0 Å². The minimum absolute atomic E-state index is 0.0228. The molecule has 0 radical (unpaired) electrons. The summed E-state index contributed by atoms with van der Waals surface area (Å²) in [6, 6.07) is 5.98. The molecule has 1 aromatic rings. The molecule has 0 spiro atoms. The Morgan fingerprint density at radius 2 is 1.63 bits per heavy atom. The summed E-state index contributed by atoms with van der Waals surface area (Å²) in [5, 5.41) is 2.91. The Hall–Kier alpha value is -1.36. The first kappa shape index (κ1) is 15.7. The number of sulfone groups is 1. The van der Waals surface area contributed by atoms with Crippen molar-refractivity contribution in [3.8, 4) is 0 Å². The number of rotatable bonds is 3. The van der Waals surface area contributed by atoms with E-state index in [0.717, 1.165) is 6.26 Å². The fourth-order valence-corrected chi connectivity index (χ4v) is 1.98. The highest BCUT2D eigenvalue weighted by Crippen LogP contribution is 2.19. The van der Waals surface area contributed by atoms with E-state index in [9.17, 15) is 13.2 Å². The van der Waals surface area contributed by atoms with Crippen molar-refractivity contribution in [1.82, 2.24) is 5.32 Å². The topological polar surface area (TPSA) is 63.2 Å². The molecule has 1 atom stereocenters. The molecule has 1 aromatic carbocycles. The molecule has 106 valence electrons. The Morgan fingerprint density at radius 3 is 2.00 bits per heavy atom. The number of nitrogens with one attached hydrogen (secondary N) is 1. The smallest absolute Gasteiger partial charge is 0.251 e. The molecule has 0 aromatic heterocycles. The second kappa shape index (κ2) is 5.33. The molecule has 0 aliphatic carbocycles. The second-order valence-electron chi connectivity index (χ2n) is 5.86. The third-order valence-corrected chi connectivity index (χ3v) is 4.32. The fourth-order valence-electron chi connectivity index (χ4n) is 1.35. The van der Waals surface area contributed by atoms with Gasteiger partial charge < -0.3 is 5.32 Å². The van der Waals surface area contributed by atoms with E-state index in [-0.39, 0.29) is 22.3 Å². The summed E-state index contributed by atoms with van der Waals surface area (Å²) in [6.45, 7) is 8.09. The number of amides is 1. The van der Waals surface area contributed by atoms with Gasteiger partial charge in [0.05, 0.1) is 4.90 Å². The van der Waals surface area contributed by atoms with Crippen LogP contribution in [-0.2, 0) is 9.84 Å². The van der Waals surface area contributed by atoms with Crippen LogP contribution >= 0.6 is 0 Å². The average Bonchev–Trinajstić information content (AvgIpc) is 2.26. The monoisotopic (exact) mass is 283 g/mol. The lowest BCUT2D eigenvalue weighted by Crippen LogP contribution is -2.41. The zero-order valence-corrected chi connectivity index (χ0v) is 12.8. The molecular weight excluding hydrogens is 262 g/mol. The number of hydrogen-bond acceptors (Lipinski definition) is 3. The zero-order valence-electron chi connectivity index (χ0n) is 12.0. The van der Waals surface area contributed by atoms with E-state index in [4.69, 9.17) is 0 Å². The van der Waals surface area contributed by atoms with Gasteiger partial charge in [-0.15, -0.1) is 0 Å². The minimum atomic E-state index is -3.22. The predicted molar refractivity (Wildman–Crippen MR) is 75.9 cm³/mol. The van der Waals surface area contributed by atoms with Crippen molar-refractivity contribution in [3.05, 3.63) is 29.8 Å². The fraction of sp³-hybridized carbons (Fsp3) is 0.500. The van der Waals surface area contributed by atoms with E-state index < -0.39 is 9.84 Å². The molecule has 5 heteroatoms. The van der Waals surface area contributed by atoms with Gasteiger partial charge in [-0.2, -0.15) is 0 Å². The maximum absolute atomic E-state index is 12.0. The van der Waals surface area contributed by atoms with Gasteiger partial charge in [-0.25, -0.2) is 8.42 Å². The molecule has 1 rings (SSSR count). The molecular formula is C14H21NO3S. The molecule has 0 aliphatic rings. The maximum atomic E-state index is 12.0. The van der Waals surface area contributed by atoms with Crippen molar-refractivity contribution < 1.29 is 13.2 Å². The molecule has 0 fully saturated rings. The summed E-state index contributed by atoms with van der Waals surface area (Å²) in [7, 11) is -3.22. The van der Waals surface area contributed by atoms with Gasteiger partial charge in [0.2, 0.25) is 0 Å². The summed E-state index contributed by atoms with van der Waals surface area (Å²) in [6.07, 6.45) is 1.14. The standard InChI is InChI=1S/C14H21NO3S/c1-10(14(2,3)4)15-13(16)11-6-8-12(9-7-11)19(5,17)18/h6-10H,1-5H3,(H,15,16). The molecule has 0 bridgehead atoms. The van der Waals surface area contributed by atoms with Gasteiger partial charge >= 0.3 is 0 Å². The Bertz CT molecular complexity index is 553. The Morgan fingerprint density at radius 1 is 1.16 bits per heavy atom. The van der Waals surface area contributed by atoms with Gasteiger partial charge in [0.25, 0.3) is 5.91 Å². The molecule has 0 heterocycles.